The Hall–Kier alpha value is -3.35. The molecule has 1 fully saturated rings. The zero-order chi connectivity index (χ0) is 20.2. The third-order valence-corrected chi connectivity index (χ3v) is 5.17. The van der Waals surface area contributed by atoms with Crippen molar-refractivity contribution in [2.24, 2.45) is 0 Å². The van der Waals surface area contributed by atoms with Crippen LogP contribution in [0.15, 0.2) is 48.5 Å². The highest BCUT2D eigenvalue weighted by atomic mass is 19.1. The highest BCUT2D eigenvalue weighted by molar-refractivity contribution is 6.02. The van der Waals surface area contributed by atoms with Gasteiger partial charge in [-0.1, -0.05) is 24.3 Å². The van der Waals surface area contributed by atoms with Gasteiger partial charge < -0.3 is 15.5 Å². The summed E-state index contributed by atoms with van der Waals surface area (Å²) in [5.41, 5.74) is 4.17. The average Bonchev–Trinajstić information content (AvgIpc) is 3.11. The quantitative estimate of drug-likeness (QED) is 0.573. The number of hydrogen-bond acceptors (Lipinski definition) is 3. The molecule has 0 radical (unpaired) electrons. The van der Waals surface area contributed by atoms with E-state index in [0.717, 1.165) is 24.3 Å². The van der Waals surface area contributed by atoms with Gasteiger partial charge in [-0.2, -0.15) is 5.10 Å². The van der Waals surface area contributed by atoms with Gasteiger partial charge in [0.2, 0.25) is 0 Å². The summed E-state index contributed by atoms with van der Waals surface area (Å²) in [6.07, 6.45) is 3.75. The summed E-state index contributed by atoms with van der Waals surface area (Å²) in [6, 6.07) is 13.7. The Bertz CT molecular complexity index is 993. The molecule has 1 aliphatic rings. The molecular formula is C22H24FN5O. The molecule has 150 valence electrons. The van der Waals surface area contributed by atoms with Crippen molar-refractivity contribution in [1.82, 2.24) is 10.2 Å². The first-order valence-electron chi connectivity index (χ1n) is 9.85. The van der Waals surface area contributed by atoms with Gasteiger partial charge in [0.15, 0.2) is 0 Å². The number of aromatic nitrogens is 2. The summed E-state index contributed by atoms with van der Waals surface area (Å²) in [7, 11) is 0. The predicted octanol–water partition coefficient (Wildman–Crippen LogP) is 5.16. The van der Waals surface area contributed by atoms with Crippen LogP contribution in [0, 0.1) is 12.7 Å². The molecule has 1 saturated heterocycles. The van der Waals surface area contributed by atoms with Crippen molar-refractivity contribution < 1.29 is 9.18 Å². The number of carbonyl (C=O) groups excluding carboxylic acids is 1. The first-order chi connectivity index (χ1) is 14.1. The van der Waals surface area contributed by atoms with Gasteiger partial charge in [0, 0.05) is 24.3 Å². The number of anilines is 3. The van der Waals surface area contributed by atoms with Gasteiger partial charge in [-0.3, -0.25) is 5.10 Å². The fraction of sp³-hybridized carbons (Fsp3) is 0.273. The lowest BCUT2D eigenvalue weighted by Gasteiger charge is -2.28. The zero-order valence-corrected chi connectivity index (χ0v) is 16.3. The Morgan fingerprint density at radius 1 is 1.03 bits per heavy atom. The van der Waals surface area contributed by atoms with Crippen molar-refractivity contribution in [3.05, 3.63) is 60.0 Å². The van der Waals surface area contributed by atoms with Crippen LogP contribution in [0.2, 0.25) is 0 Å². The Balaban J connectivity index is 1.51. The topological polar surface area (TPSA) is 73.0 Å². The van der Waals surface area contributed by atoms with Crippen LogP contribution in [0.5, 0.6) is 0 Å². The van der Waals surface area contributed by atoms with Crippen LogP contribution in [0.4, 0.5) is 26.2 Å². The minimum absolute atomic E-state index is 0.124. The molecule has 29 heavy (non-hydrogen) atoms. The molecule has 0 aliphatic carbocycles. The fourth-order valence-corrected chi connectivity index (χ4v) is 3.60. The second-order valence-electron chi connectivity index (χ2n) is 7.23. The van der Waals surface area contributed by atoms with Crippen LogP contribution in [-0.2, 0) is 0 Å². The van der Waals surface area contributed by atoms with Crippen LogP contribution < -0.4 is 15.5 Å². The molecule has 0 spiro atoms. The first kappa shape index (κ1) is 19.0. The Morgan fingerprint density at radius 2 is 1.76 bits per heavy atom. The van der Waals surface area contributed by atoms with Crippen LogP contribution in [-0.4, -0.2) is 29.3 Å². The number of hydrogen-bond donors (Lipinski definition) is 3. The predicted molar refractivity (Wildman–Crippen MR) is 114 cm³/mol. The van der Waals surface area contributed by atoms with E-state index in [1.165, 1.54) is 37.1 Å². The maximum Gasteiger partial charge on any atom is 0.323 e. The number of nitrogens with one attached hydrogen (secondary N) is 3. The van der Waals surface area contributed by atoms with Gasteiger partial charge in [-0.05, 0) is 50.5 Å². The van der Waals surface area contributed by atoms with Crippen molar-refractivity contribution >= 4 is 23.1 Å². The second kappa shape index (κ2) is 8.34. The van der Waals surface area contributed by atoms with E-state index < -0.39 is 11.8 Å². The van der Waals surface area contributed by atoms with Gasteiger partial charge in [-0.15, -0.1) is 0 Å². The molecule has 0 bridgehead atoms. The number of halogens is 1. The maximum absolute atomic E-state index is 13.8. The molecule has 0 unspecified atom stereocenters. The number of para-hydroxylation sites is 1. The van der Waals surface area contributed by atoms with Crippen LogP contribution in [0.25, 0.3) is 11.3 Å². The summed E-state index contributed by atoms with van der Waals surface area (Å²) in [4.78, 5) is 14.8. The Morgan fingerprint density at radius 3 is 2.48 bits per heavy atom. The Labute approximate surface area is 169 Å². The van der Waals surface area contributed by atoms with E-state index in [-0.39, 0.29) is 5.69 Å². The van der Waals surface area contributed by atoms with Crippen LogP contribution >= 0.6 is 0 Å². The maximum atomic E-state index is 13.8. The number of rotatable bonds is 4. The lowest BCUT2D eigenvalue weighted by atomic mass is 10.1. The van der Waals surface area contributed by atoms with E-state index in [4.69, 9.17) is 0 Å². The number of carbonyl (C=O) groups is 1. The lowest BCUT2D eigenvalue weighted by Crippen LogP contribution is -2.29. The van der Waals surface area contributed by atoms with Gasteiger partial charge in [0.05, 0.1) is 17.1 Å². The third-order valence-electron chi connectivity index (χ3n) is 5.17. The van der Waals surface area contributed by atoms with Gasteiger partial charge in [0.25, 0.3) is 0 Å². The molecule has 6 nitrogen and oxygen atoms in total. The number of urea groups is 1. The highest BCUT2D eigenvalue weighted by Crippen LogP contribution is 2.30. The standard InChI is InChI=1S/C22H24FN5O/c1-15-20(25-22(29)24-19-8-4-3-7-18(19)23)21(27-26-15)16-9-11-17(12-10-16)28-13-5-2-6-14-28/h3-4,7-12H,2,5-6,13-14H2,1H3,(H,26,27)(H2,24,25,29). The number of amides is 2. The van der Waals surface area contributed by atoms with Gasteiger partial charge in [0.1, 0.15) is 11.5 Å². The van der Waals surface area contributed by atoms with E-state index in [1.807, 2.05) is 19.1 Å². The zero-order valence-electron chi connectivity index (χ0n) is 16.3. The Kier molecular flexibility index (Phi) is 5.46. The molecule has 1 aliphatic heterocycles. The average molecular weight is 393 g/mol. The first-order valence-corrected chi connectivity index (χ1v) is 9.85. The van der Waals surface area contributed by atoms with E-state index in [1.54, 1.807) is 12.1 Å². The summed E-state index contributed by atoms with van der Waals surface area (Å²) < 4.78 is 13.8. The molecule has 0 saturated carbocycles. The molecule has 2 heterocycles. The summed E-state index contributed by atoms with van der Waals surface area (Å²) >= 11 is 0. The van der Waals surface area contributed by atoms with Crippen molar-refractivity contribution in [1.29, 1.82) is 0 Å². The lowest BCUT2D eigenvalue weighted by molar-refractivity contribution is 0.262. The van der Waals surface area contributed by atoms with Crippen molar-refractivity contribution in [2.45, 2.75) is 26.2 Å². The van der Waals surface area contributed by atoms with Gasteiger partial charge in [-0.25, -0.2) is 9.18 Å². The molecule has 2 aromatic carbocycles. The fourth-order valence-electron chi connectivity index (χ4n) is 3.60. The number of H-pyrrole nitrogens is 1. The molecule has 7 heteroatoms. The van der Waals surface area contributed by atoms with Crippen molar-refractivity contribution in [2.75, 3.05) is 28.6 Å². The minimum Gasteiger partial charge on any atom is -0.372 e. The highest BCUT2D eigenvalue weighted by Gasteiger charge is 2.17. The van der Waals surface area contributed by atoms with Crippen molar-refractivity contribution in [3.63, 3.8) is 0 Å². The van der Waals surface area contributed by atoms with E-state index in [0.29, 0.717) is 11.4 Å². The largest absolute Gasteiger partial charge is 0.372 e. The molecule has 0 atom stereocenters. The van der Waals surface area contributed by atoms with Crippen LogP contribution in [0.3, 0.4) is 0 Å². The number of piperidine rings is 1. The smallest absolute Gasteiger partial charge is 0.323 e. The van der Waals surface area contributed by atoms with E-state index in [9.17, 15) is 9.18 Å². The van der Waals surface area contributed by atoms with E-state index in [2.05, 4.69) is 37.9 Å². The number of benzene rings is 2. The molecule has 3 N–H and O–H groups in total. The van der Waals surface area contributed by atoms with Crippen LogP contribution in [0.1, 0.15) is 25.0 Å². The molecule has 2 amide bonds. The van der Waals surface area contributed by atoms with Gasteiger partial charge >= 0.3 is 6.03 Å². The molecular weight excluding hydrogens is 369 g/mol. The molecule has 1 aromatic heterocycles. The second-order valence-corrected chi connectivity index (χ2v) is 7.23. The number of aryl methyl sites for hydroxylation is 1. The summed E-state index contributed by atoms with van der Waals surface area (Å²) in [5, 5.41) is 12.6. The van der Waals surface area contributed by atoms with Crippen molar-refractivity contribution in [3.8, 4) is 11.3 Å². The molecule has 4 rings (SSSR count). The summed E-state index contributed by atoms with van der Waals surface area (Å²) in [6.45, 7) is 4.01. The third kappa shape index (κ3) is 4.23. The number of aromatic amines is 1. The summed E-state index contributed by atoms with van der Waals surface area (Å²) in [5.74, 6) is -0.486. The SMILES string of the molecule is Cc1[nH]nc(-c2ccc(N3CCCCC3)cc2)c1NC(=O)Nc1ccccc1F. The minimum atomic E-state index is -0.522. The molecule has 3 aromatic rings. The van der Waals surface area contributed by atoms with E-state index >= 15 is 0 Å². The monoisotopic (exact) mass is 393 g/mol. The number of nitrogens with zero attached hydrogens (tertiary/aromatic N) is 2. The normalized spacial score (nSPS) is 13.9.